The van der Waals surface area contributed by atoms with E-state index in [4.69, 9.17) is 18.6 Å². The van der Waals surface area contributed by atoms with E-state index in [-0.39, 0.29) is 50.8 Å². The molecule has 20 heavy (non-hydrogen) atoms. The van der Waals surface area contributed by atoms with E-state index < -0.39 is 20.2 Å². The van der Waals surface area contributed by atoms with E-state index in [1.165, 1.54) is 0 Å². The first-order valence-electron chi connectivity index (χ1n) is 5.72. The van der Waals surface area contributed by atoms with Crippen LogP contribution < -0.4 is 0 Å². The molecule has 0 unspecified atom stereocenters. The van der Waals surface area contributed by atoms with E-state index in [0.717, 1.165) is 0 Å². The van der Waals surface area contributed by atoms with Gasteiger partial charge in [0.1, 0.15) is 13.2 Å². The Balaban J connectivity index is 3.38. The second kappa shape index (κ2) is 10.1. The van der Waals surface area contributed by atoms with Crippen LogP contribution in [0, 0.1) is 11.8 Å². The molecule has 10 heteroatoms. The van der Waals surface area contributed by atoms with E-state index in [1.807, 2.05) is 0 Å². The number of rotatable bonds is 10. The van der Waals surface area contributed by atoms with Crippen molar-refractivity contribution in [3.8, 4) is 11.8 Å². The zero-order valence-electron chi connectivity index (χ0n) is 10.8. The van der Waals surface area contributed by atoms with Crippen molar-refractivity contribution in [3.63, 3.8) is 0 Å². The third-order valence-corrected chi connectivity index (χ3v) is 3.46. The van der Waals surface area contributed by atoms with Crippen LogP contribution in [0.25, 0.3) is 0 Å². The SMILES string of the molecule is O=S(=O)(O)CCCOCC#CCOCCCS(=O)(=O)O. The Morgan fingerprint density at radius 2 is 1.10 bits per heavy atom. The molecule has 118 valence electrons. The van der Waals surface area contributed by atoms with E-state index >= 15 is 0 Å². The summed E-state index contributed by atoms with van der Waals surface area (Å²) >= 11 is 0. The Kier molecular flexibility index (Phi) is 9.74. The lowest BCUT2D eigenvalue weighted by atomic mass is 10.5. The first-order valence-corrected chi connectivity index (χ1v) is 8.94. The molecule has 2 N–H and O–H groups in total. The molecule has 0 fully saturated rings. The molecule has 0 heterocycles. The van der Waals surface area contributed by atoms with Crippen LogP contribution in [0.5, 0.6) is 0 Å². The minimum atomic E-state index is -3.94. The van der Waals surface area contributed by atoms with E-state index in [1.54, 1.807) is 0 Å². The Morgan fingerprint density at radius 1 is 0.750 bits per heavy atom. The zero-order chi connectivity index (χ0) is 15.5. The molecule has 0 saturated carbocycles. The minimum absolute atomic E-state index is 0.111. The third kappa shape index (κ3) is 17.3. The summed E-state index contributed by atoms with van der Waals surface area (Å²) in [4.78, 5) is 0. The molecule has 0 bridgehead atoms. The topological polar surface area (TPSA) is 127 Å². The summed E-state index contributed by atoms with van der Waals surface area (Å²) in [6.07, 6.45) is 0.374. The van der Waals surface area contributed by atoms with Crippen LogP contribution in [0.1, 0.15) is 12.8 Å². The van der Waals surface area contributed by atoms with Gasteiger partial charge in [0.2, 0.25) is 0 Å². The Bertz CT molecular complexity index is 465. The van der Waals surface area contributed by atoms with E-state index in [9.17, 15) is 16.8 Å². The molecule has 0 atom stereocenters. The van der Waals surface area contributed by atoms with Gasteiger partial charge in [-0.2, -0.15) is 16.8 Å². The smallest absolute Gasteiger partial charge is 0.264 e. The fourth-order valence-corrected chi connectivity index (χ4v) is 2.00. The van der Waals surface area contributed by atoms with Crippen molar-refractivity contribution in [2.24, 2.45) is 0 Å². The Hall–Kier alpha value is -0.700. The van der Waals surface area contributed by atoms with Gasteiger partial charge in [0, 0.05) is 13.2 Å². The van der Waals surface area contributed by atoms with Gasteiger partial charge in [0.05, 0.1) is 11.5 Å². The van der Waals surface area contributed by atoms with Gasteiger partial charge in [0.25, 0.3) is 20.2 Å². The lowest BCUT2D eigenvalue weighted by molar-refractivity contribution is 0.162. The van der Waals surface area contributed by atoms with Crippen LogP contribution in [0.2, 0.25) is 0 Å². The summed E-state index contributed by atoms with van der Waals surface area (Å²) in [6.45, 7) is 0.563. The molecule has 0 aliphatic heterocycles. The summed E-state index contributed by atoms with van der Waals surface area (Å²) < 4.78 is 68.3. The molecule has 0 saturated heterocycles. The zero-order valence-corrected chi connectivity index (χ0v) is 12.5. The van der Waals surface area contributed by atoms with Crippen LogP contribution in [0.15, 0.2) is 0 Å². The number of hydrogen-bond donors (Lipinski definition) is 2. The van der Waals surface area contributed by atoms with Gasteiger partial charge >= 0.3 is 0 Å². The highest BCUT2D eigenvalue weighted by molar-refractivity contribution is 7.86. The molecule has 0 rings (SSSR count). The lowest BCUT2D eigenvalue weighted by Crippen LogP contribution is -2.07. The molecule has 0 amide bonds. The molecule has 0 aromatic heterocycles. The third-order valence-electron chi connectivity index (χ3n) is 1.86. The summed E-state index contributed by atoms with van der Waals surface area (Å²) in [5, 5.41) is 0. The maximum atomic E-state index is 10.4. The average Bonchev–Trinajstić information content (AvgIpc) is 2.27. The monoisotopic (exact) mass is 330 g/mol. The van der Waals surface area contributed by atoms with Gasteiger partial charge < -0.3 is 9.47 Å². The van der Waals surface area contributed by atoms with Crippen LogP contribution in [0.3, 0.4) is 0 Å². The Morgan fingerprint density at radius 3 is 1.40 bits per heavy atom. The summed E-state index contributed by atoms with van der Waals surface area (Å²) in [5.74, 6) is 4.53. The summed E-state index contributed by atoms with van der Waals surface area (Å²) in [6, 6.07) is 0. The van der Waals surface area contributed by atoms with Crippen LogP contribution >= 0.6 is 0 Å². The van der Waals surface area contributed by atoms with Crippen molar-refractivity contribution < 1.29 is 35.4 Å². The summed E-state index contributed by atoms with van der Waals surface area (Å²) in [7, 11) is -7.88. The fourth-order valence-electron chi connectivity index (χ4n) is 1.04. The molecule has 8 nitrogen and oxygen atoms in total. The van der Waals surface area contributed by atoms with Crippen molar-refractivity contribution in [2.75, 3.05) is 37.9 Å². The lowest BCUT2D eigenvalue weighted by Gasteiger charge is -1.99. The molecule has 0 aliphatic rings. The standard InChI is InChI=1S/C10H18O8S2/c11-19(12,13)9-3-7-17-5-1-2-6-18-8-4-10-20(14,15)16/h3-10H2,(H,11,12,13)(H,14,15,16). The van der Waals surface area contributed by atoms with Gasteiger partial charge in [-0.15, -0.1) is 0 Å². The summed E-state index contributed by atoms with van der Waals surface area (Å²) in [5.41, 5.74) is 0. The van der Waals surface area contributed by atoms with Crippen LogP contribution in [-0.2, 0) is 29.7 Å². The van der Waals surface area contributed by atoms with Gasteiger partial charge in [0.15, 0.2) is 0 Å². The van der Waals surface area contributed by atoms with Crippen molar-refractivity contribution in [1.82, 2.24) is 0 Å². The second-order valence-corrected chi connectivity index (χ2v) is 6.88. The Labute approximate surface area is 119 Å². The average molecular weight is 330 g/mol. The largest absolute Gasteiger partial charge is 0.369 e. The van der Waals surface area contributed by atoms with Gasteiger partial charge in [-0.25, -0.2) is 0 Å². The highest BCUT2D eigenvalue weighted by Crippen LogP contribution is 1.90. The number of hydrogen-bond acceptors (Lipinski definition) is 6. The molecule has 0 aromatic rings. The van der Waals surface area contributed by atoms with Crippen molar-refractivity contribution in [3.05, 3.63) is 0 Å². The second-order valence-electron chi connectivity index (χ2n) is 3.74. The maximum Gasteiger partial charge on any atom is 0.264 e. The molecule has 0 radical (unpaired) electrons. The highest BCUT2D eigenvalue weighted by atomic mass is 32.2. The molecule has 0 aromatic carbocycles. The van der Waals surface area contributed by atoms with Gasteiger partial charge in [-0.3, -0.25) is 9.11 Å². The van der Waals surface area contributed by atoms with Crippen LogP contribution in [-0.4, -0.2) is 63.9 Å². The van der Waals surface area contributed by atoms with E-state index in [2.05, 4.69) is 11.8 Å². The normalized spacial score (nSPS) is 11.9. The van der Waals surface area contributed by atoms with Crippen molar-refractivity contribution >= 4 is 20.2 Å². The van der Waals surface area contributed by atoms with Gasteiger partial charge in [-0.05, 0) is 12.8 Å². The van der Waals surface area contributed by atoms with Crippen molar-refractivity contribution in [1.29, 1.82) is 0 Å². The molecule has 0 spiro atoms. The van der Waals surface area contributed by atoms with Crippen molar-refractivity contribution in [2.45, 2.75) is 12.8 Å². The van der Waals surface area contributed by atoms with Gasteiger partial charge in [-0.1, -0.05) is 11.8 Å². The molecule has 0 aliphatic carbocycles. The first-order chi connectivity index (χ1) is 9.21. The molecular formula is C10H18O8S2. The first kappa shape index (κ1) is 19.3. The predicted molar refractivity (Wildman–Crippen MR) is 71.5 cm³/mol. The maximum absolute atomic E-state index is 10.4. The van der Waals surface area contributed by atoms with E-state index in [0.29, 0.717) is 0 Å². The predicted octanol–water partition coefficient (Wildman–Crippen LogP) is -0.421. The quantitative estimate of drug-likeness (QED) is 0.314. The minimum Gasteiger partial charge on any atom is -0.369 e. The number of ether oxygens (including phenoxy) is 2. The highest BCUT2D eigenvalue weighted by Gasteiger charge is 2.03. The van der Waals surface area contributed by atoms with Crippen LogP contribution in [0.4, 0.5) is 0 Å². The fraction of sp³-hybridized carbons (Fsp3) is 0.800. The molecular weight excluding hydrogens is 312 g/mol.